The molecular formula is C17H21FN2O3. The lowest BCUT2D eigenvalue weighted by molar-refractivity contribution is 0.129. The summed E-state index contributed by atoms with van der Waals surface area (Å²) in [4.78, 5) is 14.0. The molecule has 0 bridgehead atoms. The number of benzene rings is 1. The summed E-state index contributed by atoms with van der Waals surface area (Å²) < 4.78 is 19.0. The molecule has 1 saturated heterocycles. The van der Waals surface area contributed by atoms with Gasteiger partial charge in [-0.05, 0) is 43.9 Å². The number of hydrogen-bond acceptors (Lipinski definition) is 3. The minimum Gasteiger partial charge on any atom is -0.459 e. The minimum absolute atomic E-state index is 0.109. The van der Waals surface area contributed by atoms with Crippen LogP contribution in [0.2, 0.25) is 0 Å². The van der Waals surface area contributed by atoms with Crippen LogP contribution in [0, 0.1) is 18.7 Å². The largest absolute Gasteiger partial charge is 0.459 e. The van der Waals surface area contributed by atoms with E-state index < -0.39 is 0 Å². The quantitative estimate of drug-likeness (QED) is 0.914. The molecule has 2 aromatic rings. The lowest BCUT2D eigenvalue weighted by Gasteiger charge is -2.31. The molecule has 3 rings (SSSR count). The fraction of sp³-hybridized carbons (Fsp3) is 0.471. The SMILES string of the molecule is Cc1c(CNC(=O)N2CCCC(CO)C2)oc2ccc(F)cc12. The highest BCUT2D eigenvalue weighted by atomic mass is 19.1. The van der Waals surface area contributed by atoms with Crippen LogP contribution in [0.3, 0.4) is 0 Å². The first-order valence-corrected chi connectivity index (χ1v) is 7.89. The average molecular weight is 320 g/mol. The van der Waals surface area contributed by atoms with Crippen molar-refractivity contribution in [2.24, 2.45) is 5.92 Å². The summed E-state index contributed by atoms with van der Waals surface area (Å²) in [6.45, 7) is 3.51. The first-order valence-electron chi connectivity index (χ1n) is 7.89. The number of halogens is 1. The number of piperidine rings is 1. The maximum absolute atomic E-state index is 13.3. The van der Waals surface area contributed by atoms with Crippen LogP contribution in [-0.2, 0) is 6.54 Å². The molecule has 5 nitrogen and oxygen atoms in total. The van der Waals surface area contributed by atoms with Crippen molar-refractivity contribution in [3.63, 3.8) is 0 Å². The van der Waals surface area contributed by atoms with Crippen LogP contribution in [-0.4, -0.2) is 35.7 Å². The van der Waals surface area contributed by atoms with Crippen LogP contribution in [0.25, 0.3) is 11.0 Å². The summed E-state index contributed by atoms with van der Waals surface area (Å²) in [5, 5.41) is 12.8. The van der Waals surface area contributed by atoms with Crippen LogP contribution in [0.15, 0.2) is 22.6 Å². The Morgan fingerprint density at radius 2 is 2.35 bits per heavy atom. The number of likely N-dealkylation sites (tertiary alicyclic amines) is 1. The summed E-state index contributed by atoms with van der Waals surface area (Å²) in [5.41, 5.74) is 1.46. The number of urea groups is 1. The molecule has 1 fully saturated rings. The summed E-state index contributed by atoms with van der Waals surface area (Å²) in [5.74, 6) is 0.487. The van der Waals surface area contributed by atoms with Crippen molar-refractivity contribution in [2.75, 3.05) is 19.7 Å². The maximum Gasteiger partial charge on any atom is 0.317 e. The Bertz CT molecular complexity index is 713. The molecule has 0 radical (unpaired) electrons. The van der Waals surface area contributed by atoms with E-state index in [1.165, 1.54) is 12.1 Å². The fourth-order valence-corrected chi connectivity index (χ4v) is 3.08. The van der Waals surface area contributed by atoms with E-state index in [1.807, 2.05) is 6.92 Å². The number of aryl methyl sites for hydroxylation is 1. The van der Waals surface area contributed by atoms with Gasteiger partial charge in [0.2, 0.25) is 0 Å². The second-order valence-corrected chi connectivity index (χ2v) is 6.09. The van der Waals surface area contributed by atoms with Gasteiger partial charge >= 0.3 is 6.03 Å². The van der Waals surface area contributed by atoms with Gasteiger partial charge in [0.1, 0.15) is 17.2 Å². The average Bonchev–Trinajstić information content (AvgIpc) is 2.88. The van der Waals surface area contributed by atoms with Gasteiger partial charge in [0.05, 0.1) is 6.54 Å². The second-order valence-electron chi connectivity index (χ2n) is 6.09. The van der Waals surface area contributed by atoms with Gasteiger partial charge in [0.25, 0.3) is 0 Å². The zero-order chi connectivity index (χ0) is 16.4. The van der Waals surface area contributed by atoms with Gasteiger partial charge < -0.3 is 19.7 Å². The van der Waals surface area contributed by atoms with Gasteiger partial charge in [-0.2, -0.15) is 0 Å². The Labute approximate surface area is 134 Å². The molecule has 1 aromatic heterocycles. The number of aliphatic hydroxyl groups excluding tert-OH is 1. The number of amides is 2. The molecular weight excluding hydrogens is 299 g/mol. The zero-order valence-corrected chi connectivity index (χ0v) is 13.1. The Kier molecular flexibility index (Phi) is 4.52. The molecule has 2 amide bonds. The van der Waals surface area contributed by atoms with Gasteiger partial charge in [0, 0.05) is 30.6 Å². The van der Waals surface area contributed by atoms with E-state index in [0.717, 1.165) is 23.8 Å². The van der Waals surface area contributed by atoms with Crippen molar-refractivity contribution in [3.05, 3.63) is 35.3 Å². The van der Waals surface area contributed by atoms with Crippen molar-refractivity contribution >= 4 is 17.0 Å². The standard InChI is InChI=1S/C17H21FN2O3/c1-11-14-7-13(18)4-5-15(14)23-16(11)8-19-17(22)20-6-2-3-12(9-20)10-21/h4-5,7,12,21H,2-3,6,8-10H2,1H3,(H,19,22). The number of fused-ring (bicyclic) bond motifs is 1. The molecule has 124 valence electrons. The second kappa shape index (κ2) is 6.58. The van der Waals surface area contributed by atoms with E-state index in [9.17, 15) is 14.3 Å². The van der Waals surface area contributed by atoms with Crippen LogP contribution in [0.4, 0.5) is 9.18 Å². The third-order valence-corrected chi connectivity index (χ3v) is 4.46. The fourth-order valence-electron chi connectivity index (χ4n) is 3.08. The highest BCUT2D eigenvalue weighted by Gasteiger charge is 2.23. The highest BCUT2D eigenvalue weighted by Crippen LogP contribution is 2.26. The number of hydrogen-bond donors (Lipinski definition) is 2. The number of aliphatic hydroxyl groups is 1. The summed E-state index contributed by atoms with van der Waals surface area (Å²) in [7, 11) is 0. The van der Waals surface area contributed by atoms with Crippen molar-refractivity contribution < 1.29 is 18.7 Å². The third kappa shape index (κ3) is 3.32. The number of furan rings is 1. The maximum atomic E-state index is 13.3. The lowest BCUT2D eigenvalue weighted by Crippen LogP contribution is -2.45. The van der Waals surface area contributed by atoms with Crippen molar-refractivity contribution in [2.45, 2.75) is 26.3 Å². The Morgan fingerprint density at radius 1 is 1.52 bits per heavy atom. The van der Waals surface area contributed by atoms with E-state index >= 15 is 0 Å². The zero-order valence-electron chi connectivity index (χ0n) is 13.1. The summed E-state index contributed by atoms with van der Waals surface area (Å²) >= 11 is 0. The number of nitrogens with zero attached hydrogens (tertiary/aromatic N) is 1. The van der Waals surface area contributed by atoms with Gasteiger partial charge in [0.15, 0.2) is 0 Å². The minimum atomic E-state index is -0.305. The Morgan fingerprint density at radius 3 is 3.13 bits per heavy atom. The molecule has 0 saturated carbocycles. The Hall–Kier alpha value is -2.08. The van der Waals surface area contributed by atoms with E-state index in [4.69, 9.17) is 4.42 Å². The first kappa shape index (κ1) is 15.8. The summed E-state index contributed by atoms with van der Waals surface area (Å²) in [6, 6.07) is 4.24. The predicted molar refractivity (Wildman–Crippen MR) is 84.5 cm³/mol. The van der Waals surface area contributed by atoms with Gasteiger partial charge in [-0.3, -0.25) is 0 Å². The van der Waals surface area contributed by atoms with Gasteiger partial charge in [-0.15, -0.1) is 0 Å². The predicted octanol–water partition coefficient (Wildman–Crippen LogP) is 2.79. The smallest absolute Gasteiger partial charge is 0.317 e. The van der Waals surface area contributed by atoms with Crippen LogP contribution < -0.4 is 5.32 Å². The molecule has 1 aliphatic rings. The molecule has 2 heterocycles. The van der Waals surface area contributed by atoms with E-state index in [0.29, 0.717) is 24.4 Å². The van der Waals surface area contributed by atoms with Gasteiger partial charge in [-0.25, -0.2) is 9.18 Å². The molecule has 23 heavy (non-hydrogen) atoms. The van der Waals surface area contributed by atoms with Crippen molar-refractivity contribution in [1.29, 1.82) is 0 Å². The van der Waals surface area contributed by atoms with E-state index in [-0.39, 0.29) is 30.9 Å². The third-order valence-electron chi connectivity index (χ3n) is 4.46. The molecule has 0 aliphatic carbocycles. The molecule has 1 aromatic carbocycles. The number of nitrogens with one attached hydrogen (secondary N) is 1. The normalized spacial score (nSPS) is 18.4. The molecule has 2 N–H and O–H groups in total. The van der Waals surface area contributed by atoms with Crippen molar-refractivity contribution in [1.82, 2.24) is 10.2 Å². The summed E-state index contributed by atoms with van der Waals surface area (Å²) in [6.07, 6.45) is 1.86. The Balaban J connectivity index is 1.66. The lowest BCUT2D eigenvalue weighted by atomic mass is 9.99. The van der Waals surface area contributed by atoms with Crippen LogP contribution >= 0.6 is 0 Å². The van der Waals surface area contributed by atoms with Gasteiger partial charge in [-0.1, -0.05) is 0 Å². The number of rotatable bonds is 3. The molecule has 1 aliphatic heterocycles. The van der Waals surface area contributed by atoms with E-state index in [2.05, 4.69) is 5.32 Å². The number of carbonyl (C=O) groups excluding carboxylic acids is 1. The van der Waals surface area contributed by atoms with Crippen LogP contribution in [0.5, 0.6) is 0 Å². The molecule has 0 spiro atoms. The number of carbonyl (C=O) groups is 1. The molecule has 1 atom stereocenters. The molecule has 6 heteroatoms. The monoisotopic (exact) mass is 320 g/mol. The topological polar surface area (TPSA) is 65.7 Å². The first-order chi connectivity index (χ1) is 11.1. The highest BCUT2D eigenvalue weighted by molar-refractivity contribution is 5.82. The van der Waals surface area contributed by atoms with E-state index in [1.54, 1.807) is 11.0 Å². The van der Waals surface area contributed by atoms with Crippen LogP contribution in [0.1, 0.15) is 24.2 Å². The van der Waals surface area contributed by atoms with Crippen molar-refractivity contribution in [3.8, 4) is 0 Å². The molecule has 1 unspecified atom stereocenters.